The van der Waals surface area contributed by atoms with Crippen molar-refractivity contribution < 1.29 is 0 Å². The topological polar surface area (TPSA) is 81.7 Å². The van der Waals surface area contributed by atoms with Crippen LogP contribution in [0.5, 0.6) is 0 Å². The van der Waals surface area contributed by atoms with Crippen molar-refractivity contribution in [1.82, 2.24) is 19.1 Å². The van der Waals surface area contributed by atoms with Crippen LogP contribution in [0.25, 0.3) is 22.2 Å². The number of hydrogen-bond acceptors (Lipinski definition) is 6. The molecule has 4 aromatic rings. The Kier molecular flexibility index (Phi) is 5.74. The summed E-state index contributed by atoms with van der Waals surface area (Å²) in [5, 5.41) is 22.4. The average Bonchev–Trinajstić information content (AvgIpc) is 2.73. The number of fused-ring (bicyclic) bond motifs is 1. The van der Waals surface area contributed by atoms with Crippen LogP contribution in [0, 0.1) is 10.8 Å². The maximum absolute atomic E-state index is 8.56. The van der Waals surface area contributed by atoms with Crippen LogP contribution in [0.2, 0.25) is 0 Å². The van der Waals surface area contributed by atoms with Crippen LogP contribution in [0.15, 0.2) is 77.8 Å². The number of benzene rings is 2. The van der Waals surface area contributed by atoms with E-state index >= 15 is 0 Å². The Morgan fingerprint density at radius 1 is 1.03 bits per heavy atom. The smallest absolute Gasteiger partial charge is 0.148 e. The van der Waals surface area contributed by atoms with Gasteiger partial charge in [0.1, 0.15) is 11.3 Å². The van der Waals surface area contributed by atoms with E-state index in [1.807, 2.05) is 66.9 Å². The highest BCUT2D eigenvalue weighted by Gasteiger charge is 2.09. The minimum absolute atomic E-state index is 0.185. The monoisotopic (exact) mass is 414 g/mol. The summed E-state index contributed by atoms with van der Waals surface area (Å²) in [5.41, 5.74) is 3.80. The second-order valence-corrected chi connectivity index (χ2v) is 8.49. The van der Waals surface area contributed by atoms with E-state index < -0.39 is 0 Å². The van der Waals surface area contributed by atoms with Crippen molar-refractivity contribution in [2.24, 2.45) is 0 Å². The largest absolute Gasteiger partial charge is 0.286 e. The minimum Gasteiger partial charge on any atom is -0.286 e. The van der Waals surface area contributed by atoms with Gasteiger partial charge in [-0.05, 0) is 74.1 Å². The van der Waals surface area contributed by atoms with E-state index in [-0.39, 0.29) is 11.3 Å². The molecule has 2 aromatic carbocycles. The van der Waals surface area contributed by atoms with Crippen LogP contribution < -0.4 is 5.49 Å². The molecular formula is C23H22N6S. The first-order valence-corrected chi connectivity index (χ1v) is 10.3. The van der Waals surface area contributed by atoms with Gasteiger partial charge in [0.2, 0.25) is 0 Å². The van der Waals surface area contributed by atoms with Crippen molar-refractivity contribution in [3.8, 4) is 11.3 Å². The van der Waals surface area contributed by atoms with Gasteiger partial charge in [0, 0.05) is 28.5 Å². The predicted octanol–water partition coefficient (Wildman–Crippen LogP) is 4.21. The van der Waals surface area contributed by atoms with E-state index in [4.69, 9.17) is 10.8 Å². The van der Waals surface area contributed by atoms with Gasteiger partial charge in [-0.3, -0.25) is 20.1 Å². The molecular weight excluding hydrogens is 392 g/mol. The second kappa shape index (κ2) is 8.61. The van der Waals surface area contributed by atoms with E-state index in [1.165, 1.54) is 4.68 Å². The highest BCUT2D eigenvalue weighted by molar-refractivity contribution is 7.97. The number of rotatable bonds is 5. The fraction of sp³-hybridized carbons (Fsp3) is 0.130. The Balaban J connectivity index is 1.62. The van der Waals surface area contributed by atoms with Gasteiger partial charge in [-0.25, -0.2) is 4.68 Å². The first-order chi connectivity index (χ1) is 14.5. The van der Waals surface area contributed by atoms with Gasteiger partial charge in [-0.15, -0.1) is 0 Å². The number of aromatic nitrogens is 3. The van der Waals surface area contributed by atoms with Crippen LogP contribution in [0.1, 0.15) is 5.56 Å². The molecule has 0 bridgehead atoms. The molecule has 0 fully saturated rings. The van der Waals surface area contributed by atoms with Crippen molar-refractivity contribution in [3.05, 3.63) is 84.0 Å². The SMILES string of the molecule is CN(C)Sc1cccc(-c2ccc(=N)n(C(=N)Cc3ccc4ncccc4c3)n2)c1. The molecule has 2 heterocycles. The van der Waals surface area contributed by atoms with E-state index in [1.54, 1.807) is 24.2 Å². The summed E-state index contributed by atoms with van der Waals surface area (Å²) in [6.45, 7) is 0. The molecule has 4 rings (SSSR count). The molecule has 0 aliphatic carbocycles. The molecule has 7 heteroatoms. The third-order valence-electron chi connectivity index (χ3n) is 4.55. The van der Waals surface area contributed by atoms with Crippen LogP contribution in [-0.4, -0.2) is 39.0 Å². The fourth-order valence-corrected chi connectivity index (χ4v) is 3.95. The fourth-order valence-electron chi connectivity index (χ4n) is 3.21. The molecule has 0 atom stereocenters. The minimum atomic E-state index is 0.185. The Morgan fingerprint density at radius 2 is 1.90 bits per heavy atom. The van der Waals surface area contributed by atoms with Gasteiger partial charge < -0.3 is 0 Å². The van der Waals surface area contributed by atoms with Crippen molar-refractivity contribution >= 4 is 28.7 Å². The van der Waals surface area contributed by atoms with Gasteiger partial charge in [0.05, 0.1) is 11.2 Å². The molecule has 0 aliphatic rings. The quantitative estimate of drug-likeness (QED) is 0.291. The van der Waals surface area contributed by atoms with E-state index in [9.17, 15) is 0 Å². The number of hydrogen-bond donors (Lipinski definition) is 2. The van der Waals surface area contributed by atoms with Crippen molar-refractivity contribution in [3.63, 3.8) is 0 Å². The molecule has 0 saturated carbocycles. The van der Waals surface area contributed by atoms with Crippen molar-refractivity contribution in [2.75, 3.05) is 14.1 Å². The summed E-state index contributed by atoms with van der Waals surface area (Å²) in [6.07, 6.45) is 2.15. The van der Waals surface area contributed by atoms with Crippen LogP contribution in [0.3, 0.4) is 0 Å². The molecule has 0 amide bonds. The van der Waals surface area contributed by atoms with Gasteiger partial charge in [-0.2, -0.15) is 5.10 Å². The molecule has 0 spiro atoms. The predicted molar refractivity (Wildman–Crippen MR) is 122 cm³/mol. The van der Waals surface area contributed by atoms with Gasteiger partial charge >= 0.3 is 0 Å². The number of pyridine rings is 1. The molecule has 2 N–H and O–H groups in total. The van der Waals surface area contributed by atoms with E-state index in [2.05, 4.69) is 22.2 Å². The molecule has 2 aromatic heterocycles. The summed E-state index contributed by atoms with van der Waals surface area (Å²) in [5.74, 6) is 0.254. The van der Waals surface area contributed by atoms with Crippen molar-refractivity contribution in [2.45, 2.75) is 11.3 Å². The summed E-state index contributed by atoms with van der Waals surface area (Å²) in [6, 6.07) is 21.5. The van der Waals surface area contributed by atoms with Gasteiger partial charge in [-0.1, -0.05) is 24.3 Å². The molecule has 0 radical (unpaired) electrons. The highest BCUT2D eigenvalue weighted by atomic mass is 32.2. The van der Waals surface area contributed by atoms with Gasteiger partial charge in [0.15, 0.2) is 0 Å². The second-order valence-electron chi connectivity index (χ2n) is 7.10. The maximum atomic E-state index is 8.56. The lowest BCUT2D eigenvalue weighted by Crippen LogP contribution is -2.30. The lowest BCUT2D eigenvalue weighted by Gasteiger charge is -2.12. The molecule has 30 heavy (non-hydrogen) atoms. The van der Waals surface area contributed by atoms with Crippen molar-refractivity contribution in [1.29, 1.82) is 10.8 Å². The first kappa shape index (κ1) is 20.0. The summed E-state index contributed by atoms with van der Waals surface area (Å²) >= 11 is 1.64. The molecule has 0 saturated heterocycles. The Morgan fingerprint density at radius 3 is 2.73 bits per heavy atom. The van der Waals surface area contributed by atoms with Gasteiger partial charge in [0.25, 0.3) is 0 Å². The molecule has 0 aliphatic heterocycles. The lowest BCUT2D eigenvalue weighted by atomic mass is 10.1. The zero-order valence-corrected chi connectivity index (χ0v) is 17.6. The molecule has 150 valence electrons. The lowest BCUT2D eigenvalue weighted by molar-refractivity contribution is 0.702. The number of nitrogens with zero attached hydrogens (tertiary/aromatic N) is 4. The third kappa shape index (κ3) is 4.48. The normalized spacial score (nSPS) is 11.2. The van der Waals surface area contributed by atoms with Crippen LogP contribution >= 0.6 is 11.9 Å². The number of nitrogens with one attached hydrogen (secondary N) is 2. The standard InChI is InChI=1S/C23H22N6S/c1-28(2)30-19-7-3-5-18(15-19)21-10-11-22(24)29(27-21)23(25)14-16-8-9-20-17(13-16)6-4-12-26-20/h3-13,15,24-25H,14H2,1-2H3. The third-order valence-corrected chi connectivity index (χ3v) is 5.38. The Labute approximate surface area is 179 Å². The zero-order chi connectivity index (χ0) is 21.1. The zero-order valence-electron chi connectivity index (χ0n) is 16.8. The first-order valence-electron chi connectivity index (χ1n) is 9.52. The van der Waals surface area contributed by atoms with Crippen LogP contribution in [-0.2, 0) is 6.42 Å². The summed E-state index contributed by atoms with van der Waals surface area (Å²) < 4.78 is 3.43. The Hall–Kier alpha value is -3.29. The Bertz CT molecular complexity index is 1280. The molecule has 0 unspecified atom stereocenters. The summed E-state index contributed by atoms with van der Waals surface area (Å²) in [7, 11) is 4.01. The highest BCUT2D eigenvalue weighted by Crippen LogP contribution is 2.25. The maximum Gasteiger partial charge on any atom is 0.148 e. The van der Waals surface area contributed by atoms with E-state index in [0.29, 0.717) is 6.42 Å². The molecule has 6 nitrogen and oxygen atoms in total. The average molecular weight is 415 g/mol. The van der Waals surface area contributed by atoms with E-state index in [0.717, 1.165) is 32.6 Å². The van der Waals surface area contributed by atoms with Crippen LogP contribution in [0.4, 0.5) is 0 Å². The summed E-state index contributed by atoms with van der Waals surface area (Å²) in [4.78, 5) is 5.45.